The largest absolute Gasteiger partial charge is 0.392 e. The molecule has 104 valence electrons. The molecule has 0 spiro atoms. The van der Waals surface area contributed by atoms with Crippen LogP contribution in [-0.4, -0.2) is 22.0 Å². The van der Waals surface area contributed by atoms with E-state index in [1.165, 1.54) is 12.1 Å². The van der Waals surface area contributed by atoms with Crippen molar-refractivity contribution >= 4 is 11.6 Å². The van der Waals surface area contributed by atoms with Gasteiger partial charge >= 0.3 is 0 Å². The molecule has 0 aliphatic carbocycles. The average Bonchev–Trinajstić information content (AvgIpc) is 2.36. The predicted octanol–water partition coefficient (Wildman–Crippen LogP) is 1.62. The summed E-state index contributed by atoms with van der Waals surface area (Å²) in [6.07, 6.45) is -0.642. The summed E-state index contributed by atoms with van der Waals surface area (Å²) in [5.41, 5.74) is 0.649. The van der Waals surface area contributed by atoms with Crippen LogP contribution in [0.25, 0.3) is 0 Å². The van der Waals surface area contributed by atoms with Gasteiger partial charge < -0.3 is 10.4 Å². The van der Waals surface area contributed by atoms with E-state index in [-0.39, 0.29) is 30.5 Å². The number of aliphatic hydroxyl groups excluding tert-OH is 1. The van der Waals surface area contributed by atoms with Gasteiger partial charge in [-0.1, -0.05) is 26.0 Å². The van der Waals surface area contributed by atoms with Crippen molar-refractivity contribution in [3.05, 3.63) is 39.9 Å². The Balaban J connectivity index is 2.50. The number of aliphatic hydroxyl groups is 1. The minimum absolute atomic E-state index is 0.00559. The summed E-state index contributed by atoms with van der Waals surface area (Å²) in [6.45, 7) is 3.88. The summed E-state index contributed by atoms with van der Waals surface area (Å²) < 4.78 is 0. The van der Waals surface area contributed by atoms with Crippen molar-refractivity contribution < 1.29 is 14.8 Å². The first-order valence-corrected chi connectivity index (χ1v) is 6.08. The minimum Gasteiger partial charge on any atom is -0.392 e. The highest BCUT2D eigenvalue weighted by atomic mass is 16.6. The van der Waals surface area contributed by atoms with Crippen LogP contribution in [0.15, 0.2) is 24.3 Å². The number of benzene rings is 1. The zero-order valence-corrected chi connectivity index (χ0v) is 11.0. The molecule has 1 aromatic rings. The number of rotatable bonds is 6. The zero-order valence-electron chi connectivity index (χ0n) is 11.0. The Labute approximate surface area is 111 Å². The van der Waals surface area contributed by atoms with E-state index in [2.05, 4.69) is 5.32 Å². The Morgan fingerprint density at radius 1 is 1.47 bits per heavy atom. The molecule has 0 saturated heterocycles. The van der Waals surface area contributed by atoms with E-state index in [0.717, 1.165) is 0 Å². The number of nitrogens with zero attached hydrogens (tertiary/aromatic N) is 1. The Morgan fingerprint density at radius 2 is 2.16 bits per heavy atom. The van der Waals surface area contributed by atoms with Crippen molar-refractivity contribution in [2.45, 2.75) is 32.9 Å². The summed E-state index contributed by atoms with van der Waals surface area (Å²) in [5.74, 6) is -0.253. The molecule has 19 heavy (non-hydrogen) atoms. The molecule has 6 nitrogen and oxygen atoms in total. The van der Waals surface area contributed by atoms with Crippen LogP contribution in [0.1, 0.15) is 25.8 Å². The first-order chi connectivity index (χ1) is 8.90. The number of carbonyl (C=O) groups excluding carboxylic acids is 1. The molecular weight excluding hydrogens is 248 g/mol. The minimum atomic E-state index is -0.676. The quantitative estimate of drug-likeness (QED) is 0.604. The van der Waals surface area contributed by atoms with Gasteiger partial charge in [0.2, 0.25) is 5.91 Å². The van der Waals surface area contributed by atoms with E-state index < -0.39 is 11.0 Å². The standard InChI is InChI=1S/C13H18N2O4/c1-9(2)12(16)7-13(17)14-8-10-4-3-5-11(6-10)15(18)19/h3-6,9,12,16H,7-8H2,1-2H3,(H,14,17). The predicted molar refractivity (Wildman–Crippen MR) is 70.4 cm³/mol. The Bertz CT molecular complexity index is 460. The van der Waals surface area contributed by atoms with Gasteiger partial charge in [-0.15, -0.1) is 0 Å². The van der Waals surface area contributed by atoms with Gasteiger partial charge in [-0.2, -0.15) is 0 Å². The molecule has 6 heteroatoms. The monoisotopic (exact) mass is 266 g/mol. The second kappa shape index (κ2) is 6.84. The van der Waals surface area contributed by atoms with E-state index in [0.29, 0.717) is 5.56 Å². The van der Waals surface area contributed by atoms with Gasteiger partial charge in [0.25, 0.3) is 5.69 Å². The second-order valence-electron chi connectivity index (χ2n) is 4.72. The van der Waals surface area contributed by atoms with E-state index >= 15 is 0 Å². The van der Waals surface area contributed by atoms with Gasteiger partial charge in [-0.3, -0.25) is 14.9 Å². The number of hydrogen-bond donors (Lipinski definition) is 2. The van der Waals surface area contributed by atoms with Crippen LogP contribution in [-0.2, 0) is 11.3 Å². The summed E-state index contributed by atoms with van der Waals surface area (Å²) >= 11 is 0. The van der Waals surface area contributed by atoms with Crippen LogP contribution in [0, 0.1) is 16.0 Å². The lowest BCUT2D eigenvalue weighted by atomic mass is 10.0. The van der Waals surface area contributed by atoms with Crippen LogP contribution >= 0.6 is 0 Å². The highest BCUT2D eigenvalue weighted by Crippen LogP contribution is 2.13. The molecule has 0 aliphatic heterocycles. The fourth-order valence-electron chi connectivity index (χ4n) is 1.48. The molecule has 0 aromatic heterocycles. The fourth-order valence-corrected chi connectivity index (χ4v) is 1.48. The lowest BCUT2D eigenvalue weighted by Gasteiger charge is -2.13. The van der Waals surface area contributed by atoms with Gasteiger partial charge in [0.05, 0.1) is 17.4 Å². The van der Waals surface area contributed by atoms with Gasteiger partial charge in [0, 0.05) is 18.7 Å². The topological polar surface area (TPSA) is 92.5 Å². The molecule has 2 N–H and O–H groups in total. The first-order valence-electron chi connectivity index (χ1n) is 6.08. The Morgan fingerprint density at radius 3 is 2.74 bits per heavy atom. The highest BCUT2D eigenvalue weighted by Gasteiger charge is 2.14. The Hall–Kier alpha value is -1.95. The molecule has 0 bridgehead atoms. The fraction of sp³-hybridized carbons (Fsp3) is 0.462. The molecule has 0 heterocycles. The zero-order chi connectivity index (χ0) is 14.4. The second-order valence-corrected chi connectivity index (χ2v) is 4.72. The van der Waals surface area contributed by atoms with Crippen LogP contribution in [0.2, 0.25) is 0 Å². The summed E-state index contributed by atoms with van der Waals surface area (Å²) in [5, 5.41) is 22.8. The summed E-state index contributed by atoms with van der Waals surface area (Å²) in [7, 11) is 0. The van der Waals surface area contributed by atoms with E-state index in [1.54, 1.807) is 12.1 Å². The lowest BCUT2D eigenvalue weighted by Crippen LogP contribution is -2.29. The molecule has 1 aromatic carbocycles. The van der Waals surface area contributed by atoms with Crippen molar-refractivity contribution in [1.29, 1.82) is 0 Å². The van der Waals surface area contributed by atoms with E-state index in [9.17, 15) is 20.0 Å². The van der Waals surface area contributed by atoms with Crippen LogP contribution < -0.4 is 5.32 Å². The number of nitro groups is 1. The number of hydrogen-bond acceptors (Lipinski definition) is 4. The number of carbonyl (C=O) groups is 1. The number of nitro benzene ring substituents is 1. The molecule has 1 atom stereocenters. The van der Waals surface area contributed by atoms with Gasteiger partial charge in [-0.05, 0) is 11.5 Å². The third-order valence-corrected chi connectivity index (χ3v) is 2.78. The molecule has 0 fully saturated rings. The van der Waals surface area contributed by atoms with Gasteiger partial charge in [0.15, 0.2) is 0 Å². The van der Waals surface area contributed by atoms with Crippen LogP contribution in [0.4, 0.5) is 5.69 Å². The van der Waals surface area contributed by atoms with Gasteiger partial charge in [-0.25, -0.2) is 0 Å². The molecule has 0 aliphatic rings. The number of amides is 1. The van der Waals surface area contributed by atoms with Gasteiger partial charge in [0.1, 0.15) is 0 Å². The average molecular weight is 266 g/mol. The van der Waals surface area contributed by atoms with Crippen molar-refractivity contribution in [3.63, 3.8) is 0 Å². The van der Waals surface area contributed by atoms with E-state index in [4.69, 9.17) is 0 Å². The third kappa shape index (κ3) is 5.05. The summed E-state index contributed by atoms with van der Waals surface area (Å²) in [4.78, 5) is 21.7. The number of non-ortho nitro benzene ring substituents is 1. The highest BCUT2D eigenvalue weighted by molar-refractivity contribution is 5.76. The molecule has 0 radical (unpaired) electrons. The normalized spacial score (nSPS) is 12.2. The van der Waals surface area contributed by atoms with E-state index in [1.807, 2.05) is 13.8 Å². The van der Waals surface area contributed by atoms with Crippen LogP contribution in [0.3, 0.4) is 0 Å². The molecular formula is C13H18N2O4. The molecule has 1 amide bonds. The maximum absolute atomic E-state index is 11.5. The maximum atomic E-state index is 11.5. The van der Waals surface area contributed by atoms with Crippen molar-refractivity contribution in [1.82, 2.24) is 5.32 Å². The molecule has 0 saturated carbocycles. The van der Waals surface area contributed by atoms with Crippen molar-refractivity contribution in [2.75, 3.05) is 0 Å². The van der Waals surface area contributed by atoms with Crippen LogP contribution in [0.5, 0.6) is 0 Å². The lowest BCUT2D eigenvalue weighted by molar-refractivity contribution is -0.384. The summed E-state index contributed by atoms with van der Waals surface area (Å²) in [6, 6.07) is 6.09. The third-order valence-electron chi connectivity index (χ3n) is 2.78. The van der Waals surface area contributed by atoms with Crippen molar-refractivity contribution in [3.8, 4) is 0 Å². The smallest absolute Gasteiger partial charge is 0.269 e. The maximum Gasteiger partial charge on any atom is 0.269 e. The number of nitrogens with one attached hydrogen (secondary N) is 1. The molecule has 1 unspecified atom stereocenters. The Kier molecular flexibility index (Phi) is 5.44. The first kappa shape index (κ1) is 15.1. The SMILES string of the molecule is CC(C)C(O)CC(=O)NCc1cccc([N+](=O)[O-])c1. The van der Waals surface area contributed by atoms with Crippen molar-refractivity contribution in [2.24, 2.45) is 5.92 Å². The molecule has 1 rings (SSSR count).